The predicted octanol–water partition coefficient (Wildman–Crippen LogP) is 2.39. The van der Waals surface area contributed by atoms with Gasteiger partial charge in [0.1, 0.15) is 5.60 Å². The van der Waals surface area contributed by atoms with E-state index < -0.39 is 5.60 Å². The molecule has 1 aliphatic heterocycles. The molecule has 2 fully saturated rings. The maximum atomic E-state index is 12.3. The minimum absolute atomic E-state index is 0.136. The van der Waals surface area contributed by atoms with Gasteiger partial charge in [-0.2, -0.15) is 0 Å². The maximum Gasteiger partial charge on any atom is 0.410 e. The van der Waals surface area contributed by atoms with E-state index in [0.717, 1.165) is 32.5 Å². The number of amides is 1. The fourth-order valence-electron chi connectivity index (χ4n) is 2.37. The van der Waals surface area contributed by atoms with Gasteiger partial charge in [0.25, 0.3) is 0 Å². The van der Waals surface area contributed by atoms with Gasteiger partial charge in [-0.3, -0.25) is 0 Å². The average Bonchev–Trinajstić information content (AvgIpc) is 3.08. The average molecular weight is 254 g/mol. The third kappa shape index (κ3) is 4.16. The predicted molar refractivity (Wildman–Crippen MR) is 71.6 cm³/mol. The first kappa shape index (κ1) is 13.7. The molecule has 0 aromatic carbocycles. The lowest BCUT2D eigenvalue weighted by Gasteiger charge is -2.36. The first-order valence-electron chi connectivity index (χ1n) is 7.16. The van der Waals surface area contributed by atoms with Gasteiger partial charge in [-0.15, -0.1) is 0 Å². The van der Waals surface area contributed by atoms with Crippen LogP contribution in [0.1, 0.15) is 46.5 Å². The lowest BCUT2D eigenvalue weighted by Crippen LogP contribution is -2.50. The Hall–Kier alpha value is -0.770. The lowest BCUT2D eigenvalue weighted by molar-refractivity contribution is 0.0124. The van der Waals surface area contributed by atoms with E-state index in [2.05, 4.69) is 5.32 Å². The standard InChI is InChI=1S/C14H26N2O2/c1-14(2,3)18-13(17)16(10-11-6-7-11)12-5-4-8-15-9-12/h11-12,15H,4-10H2,1-3H3/t12-/m1/s1. The molecule has 0 unspecified atom stereocenters. The number of hydrogen-bond acceptors (Lipinski definition) is 3. The van der Waals surface area contributed by atoms with Crippen LogP contribution in [0.25, 0.3) is 0 Å². The Morgan fingerprint density at radius 3 is 2.56 bits per heavy atom. The van der Waals surface area contributed by atoms with Crippen LogP contribution in [0, 0.1) is 5.92 Å². The first-order valence-corrected chi connectivity index (χ1v) is 7.16. The third-order valence-electron chi connectivity index (χ3n) is 3.49. The Morgan fingerprint density at radius 2 is 2.06 bits per heavy atom. The largest absolute Gasteiger partial charge is 0.444 e. The summed E-state index contributed by atoms with van der Waals surface area (Å²) in [5.74, 6) is 0.708. The Morgan fingerprint density at radius 1 is 1.33 bits per heavy atom. The molecule has 1 atom stereocenters. The van der Waals surface area contributed by atoms with Crippen molar-refractivity contribution in [2.24, 2.45) is 5.92 Å². The summed E-state index contributed by atoms with van der Waals surface area (Å²) < 4.78 is 5.54. The van der Waals surface area contributed by atoms with E-state index in [-0.39, 0.29) is 6.09 Å². The molecule has 0 spiro atoms. The topological polar surface area (TPSA) is 41.6 Å². The number of nitrogens with one attached hydrogen (secondary N) is 1. The molecule has 104 valence electrons. The van der Waals surface area contributed by atoms with Crippen LogP contribution in [-0.4, -0.2) is 42.3 Å². The van der Waals surface area contributed by atoms with Gasteiger partial charge in [0.15, 0.2) is 0 Å². The number of rotatable bonds is 3. The molecule has 0 bridgehead atoms. The van der Waals surface area contributed by atoms with Crippen molar-refractivity contribution in [3.63, 3.8) is 0 Å². The molecule has 0 aromatic rings. The van der Waals surface area contributed by atoms with Crippen molar-refractivity contribution in [3.8, 4) is 0 Å². The molecule has 1 N–H and O–H groups in total. The minimum Gasteiger partial charge on any atom is -0.444 e. The zero-order valence-corrected chi connectivity index (χ0v) is 11.9. The fraction of sp³-hybridized carbons (Fsp3) is 0.929. The number of nitrogens with zero attached hydrogens (tertiary/aromatic N) is 1. The van der Waals surface area contributed by atoms with Crippen molar-refractivity contribution in [1.82, 2.24) is 10.2 Å². The van der Waals surface area contributed by atoms with Crippen LogP contribution in [-0.2, 0) is 4.74 Å². The molecular weight excluding hydrogens is 228 g/mol. The van der Waals surface area contributed by atoms with Gasteiger partial charge in [0, 0.05) is 19.1 Å². The van der Waals surface area contributed by atoms with Crippen LogP contribution in [0.3, 0.4) is 0 Å². The second-order valence-electron chi connectivity index (χ2n) is 6.58. The van der Waals surface area contributed by atoms with E-state index in [1.165, 1.54) is 12.8 Å². The summed E-state index contributed by atoms with van der Waals surface area (Å²) in [6.07, 6.45) is 4.63. The molecule has 0 radical (unpaired) electrons. The molecule has 1 saturated carbocycles. The second kappa shape index (κ2) is 5.47. The van der Waals surface area contributed by atoms with E-state index in [1.807, 2.05) is 25.7 Å². The van der Waals surface area contributed by atoms with E-state index in [1.54, 1.807) is 0 Å². The molecule has 1 heterocycles. The Bertz CT molecular complexity index is 289. The van der Waals surface area contributed by atoms with Crippen LogP contribution in [0.2, 0.25) is 0 Å². The van der Waals surface area contributed by atoms with Gasteiger partial charge < -0.3 is 15.0 Å². The molecule has 4 heteroatoms. The zero-order valence-electron chi connectivity index (χ0n) is 11.9. The molecule has 4 nitrogen and oxygen atoms in total. The maximum absolute atomic E-state index is 12.3. The minimum atomic E-state index is -0.402. The first-order chi connectivity index (χ1) is 8.46. The van der Waals surface area contributed by atoms with Crippen LogP contribution in [0.15, 0.2) is 0 Å². The quantitative estimate of drug-likeness (QED) is 0.841. The Labute approximate surface area is 110 Å². The van der Waals surface area contributed by atoms with E-state index in [0.29, 0.717) is 12.0 Å². The van der Waals surface area contributed by atoms with Crippen LogP contribution < -0.4 is 5.32 Å². The molecule has 1 saturated heterocycles. The highest BCUT2D eigenvalue weighted by Crippen LogP contribution is 2.31. The van der Waals surface area contributed by atoms with Gasteiger partial charge in [-0.05, 0) is 58.9 Å². The summed E-state index contributed by atoms with van der Waals surface area (Å²) in [5, 5.41) is 3.38. The van der Waals surface area contributed by atoms with Crippen molar-refractivity contribution in [2.45, 2.75) is 58.1 Å². The van der Waals surface area contributed by atoms with Gasteiger partial charge >= 0.3 is 6.09 Å². The summed E-state index contributed by atoms with van der Waals surface area (Å²) in [4.78, 5) is 14.3. The van der Waals surface area contributed by atoms with Crippen molar-refractivity contribution in [1.29, 1.82) is 0 Å². The molecular formula is C14H26N2O2. The smallest absolute Gasteiger partial charge is 0.410 e. The molecule has 1 aliphatic carbocycles. The zero-order chi connectivity index (χ0) is 13.2. The summed E-state index contributed by atoms with van der Waals surface area (Å²) in [7, 11) is 0. The van der Waals surface area contributed by atoms with Crippen LogP contribution >= 0.6 is 0 Å². The summed E-state index contributed by atoms with van der Waals surface area (Å²) in [6.45, 7) is 8.65. The lowest BCUT2D eigenvalue weighted by atomic mass is 10.1. The van der Waals surface area contributed by atoms with Crippen LogP contribution in [0.5, 0.6) is 0 Å². The molecule has 0 aromatic heterocycles. The molecule has 2 rings (SSSR count). The third-order valence-corrected chi connectivity index (χ3v) is 3.49. The highest BCUT2D eigenvalue weighted by Gasteiger charge is 2.34. The second-order valence-corrected chi connectivity index (χ2v) is 6.58. The number of carbonyl (C=O) groups is 1. The van der Waals surface area contributed by atoms with Gasteiger partial charge in [0.2, 0.25) is 0 Å². The Kier molecular flexibility index (Phi) is 4.15. The summed E-state index contributed by atoms with van der Waals surface area (Å²) in [5.41, 5.74) is -0.402. The molecule has 1 amide bonds. The van der Waals surface area contributed by atoms with Crippen molar-refractivity contribution in [2.75, 3.05) is 19.6 Å². The number of carbonyl (C=O) groups excluding carboxylic acids is 1. The van der Waals surface area contributed by atoms with Gasteiger partial charge in [0.05, 0.1) is 0 Å². The molecule has 18 heavy (non-hydrogen) atoms. The number of piperidine rings is 1. The normalized spacial score (nSPS) is 24.7. The van der Waals surface area contributed by atoms with Gasteiger partial charge in [-0.25, -0.2) is 4.79 Å². The van der Waals surface area contributed by atoms with E-state index >= 15 is 0 Å². The highest BCUT2D eigenvalue weighted by atomic mass is 16.6. The number of hydrogen-bond donors (Lipinski definition) is 1. The summed E-state index contributed by atoms with van der Waals surface area (Å²) >= 11 is 0. The monoisotopic (exact) mass is 254 g/mol. The SMILES string of the molecule is CC(C)(C)OC(=O)N(CC1CC1)[C@@H]1CCCNC1. The van der Waals surface area contributed by atoms with E-state index in [9.17, 15) is 4.79 Å². The Balaban J connectivity index is 1.96. The van der Waals surface area contributed by atoms with Crippen LogP contribution in [0.4, 0.5) is 4.79 Å². The van der Waals surface area contributed by atoms with E-state index in [4.69, 9.17) is 4.74 Å². The van der Waals surface area contributed by atoms with Crippen molar-refractivity contribution < 1.29 is 9.53 Å². The summed E-state index contributed by atoms with van der Waals surface area (Å²) in [6, 6.07) is 0.314. The number of ether oxygens (including phenoxy) is 1. The van der Waals surface area contributed by atoms with Gasteiger partial charge in [-0.1, -0.05) is 0 Å². The van der Waals surface area contributed by atoms with Crippen molar-refractivity contribution in [3.05, 3.63) is 0 Å². The fourth-order valence-corrected chi connectivity index (χ4v) is 2.37. The molecule has 2 aliphatic rings. The van der Waals surface area contributed by atoms with Crippen molar-refractivity contribution >= 4 is 6.09 Å². The highest BCUT2D eigenvalue weighted by molar-refractivity contribution is 5.68.